The summed E-state index contributed by atoms with van der Waals surface area (Å²) in [6.45, 7) is 0. The average Bonchev–Trinajstić information content (AvgIpc) is 2.61. The van der Waals surface area contributed by atoms with Crippen LogP contribution in [0.5, 0.6) is 0 Å². The molecule has 1 aromatic carbocycles. The maximum absolute atomic E-state index is 10.8. The number of thiophene rings is 1. The molecule has 0 radical (unpaired) electrons. The molecule has 1 N–H and O–H groups in total. The Morgan fingerprint density at radius 2 is 2.12 bits per heavy atom. The van der Waals surface area contributed by atoms with Crippen molar-refractivity contribution in [1.29, 1.82) is 0 Å². The van der Waals surface area contributed by atoms with Gasteiger partial charge in [-0.1, -0.05) is 29.8 Å². The molecule has 0 aliphatic carbocycles. The van der Waals surface area contributed by atoms with Gasteiger partial charge in [-0.25, -0.2) is 0 Å². The van der Waals surface area contributed by atoms with E-state index in [2.05, 4.69) is 15.9 Å². The molecule has 1 heterocycles. The highest BCUT2D eigenvalue weighted by Gasteiger charge is 2.16. The van der Waals surface area contributed by atoms with E-state index in [1.165, 1.54) is 11.3 Å². The van der Waals surface area contributed by atoms with Crippen LogP contribution in [-0.2, 0) is 11.2 Å². The molecule has 0 atom stereocenters. The van der Waals surface area contributed by atoms with Crippen LogP contribution in [0.2, 0.25) is 5.02 Å². The van der Waals surface area contributed by atoms with E-state index in [1.54, 1.807) is 6.07 Å². The Balaban J connectivity index is 2.53. The van der Waals surface area contributed by atoms with Crippen molar-refractivity contribution in [2.75, 3.05) is 0 Å². The van der Waals surface area contributed by atoms with E-state index >= 15 is 0 Å². The topological polar surface area (TPSA) is 37.3 Å². The molecule has 0 saturated carbocycles. The number of carbonyl (C=O) groups is 1. The Morgan fingerprint density at radius 1 is 1.41 bits per heavy atom. The summed E-state index contributed by atoms with van der Waals surface area (Å²) in [5.74, 6) is -0.850. The lowest BCUT2D eigenvalue weighted by atomic mass is 10.1. The Hall–Kier alpha value is -0.840. The van der Waals surface area contributed by atoms with Crippen molar-refractivity contribution in [1.82, 2.24) is 0 Å². The van der Waals surface area contributed by atoms with Crippen LogP contribution in [0, 0.1) is 0 Å². The van der Waals surface area contributed by atoms with Gasteiger partial charge in [0.25, 0.3) is 0 Å². The van der Waals surface area contributed by atoms with Crippen molar-refractivity contribution >= 4 is 44.8 Å². The molecule has 1 aromatic heterocycles. The lowest BCUT2D eigenvalue weighted by molar-refractivity contribution is -0.136. The standard InChI is InChI=1S/C12H8BrClO2S/c13-9-6-17-12(8(9)5-11(15)16)7-3-1-2-4-10(7)14/h1-4,6H,5H2,(H,15,16). The molecule has 0 unspecified atom stereocenters. The first-order valence-electron chi connectivity index (χ1n) is 4.82. The maximum Gasteiger partial charge on any atom is 0.307 e. The van der Waals surface area contributed by atoms with Gasteiger partial charge in [-0.2, -0.15) is 0 Å². The molecule has 0 spiro atoms. The molecule has 0 fully saturated rings. The van der Waals surface area contributed by atoms with Gasteiger partial charge in [-0.05, 0) is 27.6 Å². The third-order valence-electron chi connectivity index (χ3n) is 2.29. The van der Waals surface area contributed by atoms with Gasteiger partial charge in [0.2, 0.25) is 0 Å². The van der Waals surface area contributed by atoms with E-state index in [9.17, 15) is 4.79 Å². The Bertz CT molecular complexity index is 565. The first kappa shape index (κ1) is 12.6. The van der Waals surface area contributed by atoms with Crippen LogP contribution >= 0.6 is 38.9 Å². The number of hydrogen-bond donors (Lipinski definition) is 1. The van der Waals surface area contributed by atoms with Gasteiger partial charge < -0.3 is 5.11 Å². The molecular weight excluding hydrogens is 324 g/mol. The van der Waals surface area contributed by atoms with E-state index in [1.807, 2.05) is 23.6 Å². The third-order valence-corrected chi connectivity index (χ3v) is 4.68. The minimum Gasteiger partial charge on any atom is -0.481 e. The lowest BCUT2D eigenvalue weighted by Gasteiger charge is -2.04. The normalized spacial score (nSPS) is 10.5. The van der Waals surface area contributed by atoms with Gasteiger partial charge in [-0.3, -0.25) is 4.79 Å². The number of carboxylic acids is 1. The largest absolute Gasteiger partial charge is 0.481 e. The molecule has 0 aliphatic heterocycles. The summed E-state index contributed by atoms with van der Waals surface area (Å²) in [5.41, 5.74) is 1.65. The van der Waals surface area contributed by atoms with Crippen molar-refractivity contribution in [2.24, 2.45) is 0 Å². The molecular formula is C12H8BrClO2S. The minimum absolute atomic E-state index is 0.00929. The number of carboxylic acid groups (broad SMARTS) is 1. The van der Waals surface area contributed by atoms with Gasteiger partial charge in [0.15, 0.2) is 0 Å². The molecule has 0 amide bonds. The van der Waals surface area contributed by atoms with Crippen LogP contribution in [0.15, 0.2) is 34.1 Å². The fourth-order valence-electron chi connectivity index (χ4n) is 1.55. The number of aliphatic carboxylic acids is 1. The van der Waals surface area contributed by atoms with Crippen molar-refractivity contribution in [3.05, 3.63) is 44.7 Å². The molecule has 2 rings (SSSR count). The summed E-state index contributed by atoms with van der Waals surface area (Å²) in [6, 6.07) is 7.44. The van der Waals surface area contributed by atoms with Crippen LogP contribution in [0.4, 0.5) is 0 Å². The van der Waals surface area contributed by atoms with Gasteiger partial charge >= 0.3 is 5.97 Å². The zero-order chi connectivity index (χ0) is 12.4. The summed E-state index contributed by atoms with van der Waals surface area (Å²) < 4.78 is 0.819. The number of hydrogen-bond acceptors (Lipinski definition) is 2. The second kappa shape index (κ2) is 5.21. The third kappa shape index (κ3) is 2.70. The highest BCUT2D eigenvalue weighted by atomic mass is 79.9. The predicted molar refractivity (Wildman–Crippen MR) is 73.8 cm³/mol. The van der Waals surface area contributed by atoms with Crippen LogP contribution in [-0.4, -0.2) is 11.1 Å². The van der Waals surface area contributed by atoms with E-state index < -0.39 is 5.97 Å². The van der Waals surface area contributed by atoms with Crippen LogP contribution in [0.1, 0.15) is 5.56 Å². The Kier molecular flexibility index (Phi) is 3.86. The average molecular weight is 332 g/mol. The van der Waals surface area contributed by atoms with Gasteiger partial charge in [0.1, 0.15) is 0 Å². The van der Waals surface area contributed by atoms with Crippen molar-refractivity contribution < 1.29 is 9.90 Å². The fourth-order valence-corrected chi connectivity index (χ4v) is 3.58. The molecule has 0 saturated heterocycles. The highest BCUT2D eigenvalue weighted by molar-refractivity contribution is 9.10. The lowest BCUT2D eigenvalue weighted by Crippen LogP contribution is -2.00. The Labute approximate surface area is 116 Å². The maximum atomic E-state index is 10.8. The number of rotatable bonds is 3. The van der Waals surface area contributed by atoms with E-state index in [4.69, 9.17) is 16.7 Å². The van der Waals surface area contributed by atoms with Crippen LogP contribution in [0.3, 0.4) is 0 Å². The molecule has 2 nitrogen and oxygen atoms in total. The monoisotopic (exact) mass is 330 g/mol. The van der Waals surface area contributed by atoms with Crippen molar-refractivity contribution in [2.45, 2.75) is 6.42 Å². The molecule has 17 heavy (non-hydrogen) atoms. The molecule has 0 bridgehead atoms. The SMILES string of the molecule is O=C(O)Cc1c(Br)csc1-c1ccccc1Cl. The second-order valence-electron chi connectivity index (χ2n) is 3.44. The summed E-state index contributed by atoms with van der Waals surface area (Å²) in [5, 5.41) is 11.4. The van der Waals surface area contributed by atoms with Crippen molar-refractivity contribution in [3.63, 3.8) is 0 Å². The summed E-state index contributed by atoms with van der Waals surface area (Å²) in [4.78, 5) is 11.7. The zero-order valence-corrected chi connectivity index (χ0v) is 11.8. The van der Waals surface area contributed by atoms with Crippen LogP contribution in [0.25, 0.3) is 10.4 Å². The first-order chi connectivity index (χ1) is 8.09. The summed E-state index contributed by atoms with van der Waals surface area (Å²) in [6.07, 6.45) is -0.00929. The van der Waals surface area contributed by atoms with Gasteiger partial charge in [0.05, 0.1) is 6.42 Å². The first-order valence-corrected chi connectivity index (χ1v) is 6.87. The van der Waals surface area contributed by atoms with Gasteiger partial charge in [-0.15, -0.1) is 11.3 Å². The molecule has 2 aromatic rings. The van der Waals surface area contributed by atoms with E-state index in [0.717, 1.165) is 20.5 Å². The smallest absolute Gasteiger partial charge is 0.307 e. The number of benzene rings is 1. The molecule has 88 valence electrons. The van der Waals surface area contributed by atoms with E-state index in [-0.39, 0.29) is 6.42 Å². The Morgan fingerprint density at radius 3 is 2.76 bits per heavy atom. The molecule has 5 heteroatoms. The zero-order valence-electron chi connectivity index (χ0n) is 8.61. The highest BCUT2D eigenvalue weighted by Crippen LogP contribution is 2.39. The van der Waals surface area contributed by atoms with Gasteiger partial charge in [0, 0.05) is 25.3 Å². The summed E-state index contributed by atoms with van der Waals surface area (Å²) >= 11 is 11.0. The number of halogens is 2. The molecule has 0 aliphatic rings. The minimum atomic E-state index is -0.850. The fraction of sp³-hybridized carbons (Fsp3) is 0.0833. The second-order valence-corrected chi connectivity index (χ2v) is 5.58. The quantitative estimate of drug-likeness (QED) is 0.901. The summed E-state index contributed by atoms with van der Waals surface area (Å²) in [7, 11) is 0. The van der Waals surface area contributed by atoms with E-state index in [0.29, 0.717) is 5.02 Å². The van der Waals surface area contributed by atoms with Crippen molar-refractivity contribution in [3.8, 4) is 10.4 Å². The predicted octanol–water partition coefficient (Wildman–Crippen LogP) is 4.46. The van der Waals surface area contributed by atoms with Crippen LogP contribution < -0.4 is 0 Å².